The van der Waals surface area contributed by atoms with Gasteiger partial charge in [0.15, 0.2) is 0 Å². The summed E-state index contributed by atoms with van der Waals surface area (Å²) in [5.41, 5.74) is 2.31. The van der Waals surface area contributed by atoms with Crippen molar-refractivity contribution in [1.29, 1.82) is 0 Å². The number of nitrogens with one attached hydrogen (secondary N) is 2. The lowest BCUT2D eigenvalue weighted by Gasteiger charge is -2.03. The number of carbonyl (C=O) groups excluding carboxylic acids is 1. The first-order valence-electron chi connectivity index (χ1n) is 2.86. The number of rotatable bonds is 1. The molecule has 0 saturated carbocycles. The van der Waals surface area contributed by atoms with E-state index >= 15 is 0 Å². The molecule has 1 aliphatic rings. The summed E-state index contributed by atoms with van der Waals surface area (Å²) in [4.78, 5) is 24.7. The van der Waals surface area contributed by atoms with Crippen LogP contribution in [0.3, 0.4) is 0 Å². The zero-order valence-electron chi connectivity index (χ0n) is 5.46. The van der Waals surface area contributed by atoms with Gasteiger partial charge < -0.3 is 10.4 Å². The standard InChI is InChI=1S/C5H6N2O4/c8-1-3-4(2-11-7-3)6-5(9)10/h4,6-7H,2H2,(H,9,10)/t4-/m0/s1. The molecule has 1 aliphatic heterocycles. The third kappa shape index (κ3) is 1.70. The van der Waals surface area contributed by atoms with Crippen molar-refractivity contribution in [1.82, 2.24) is 10.8 Å². The molecule has 1 fully saturated rings. The third-order valence-electron chi connectivity index (χ3n) is 1.19. The Bertz CT molecular complexity index is 221. The first-order chi connectivity index (χ1) is 5.24. The van der Waals surface area contributed by atoms with Crippen LogP contribution in [0.4, 0.5) is 4.79 Å². The fraction of sp³-hybridized carbons (Fsp3) is 0.400. The van der Waals surface area contributed by atoms with Crippen LogP contribution in [0, 0.1) is 0 Å². The molecule has 0 bridgehead atoms. The first-order valence-corrected chi connectivity index (χ1v) is 2.86. The highest BCUT2D eigenvalue weighted by molar-refractivity contribution is 5.67. The number of hydrogen-bond donors (Lipinski definition) is 3. The summed E-state index contributed by atoms with van der Waals surface area (Å²) in [7, 11) is 0. The summed E-state index contributed by atoms with van der Waals surface area (Å²) < 4.78 is 0. The van der Waals surface area contributed by atoms with Gasteiger partial charge in [0.1, 0.15) is 24.3 Å². The topological polar surface area (TPSA) is 87.7 Å². The molecular weight excluding hydrogens is 152 g/mol. The lowest BCUT2D eigenvalue weighted by Crippen LogP contribution is -2.35. The van der Waals surface area contributed by atoms with Crippen LogP contribution in [0.25, 0.3) is 0 Å². The van der Waals surface area contributed by atoms with Gasteiger partial charge in [0.2, 0.25) is 0 Å². The molecule has 3 N–H and O–H groups in total. The molecule has 0 unspecified atom stereocenters. The van der Waals surface area contributed by atoms with Gasteiger partial charge in [0, 0.05) is 0 Å². The predicted molar refractivity (Wildman–Crippen MR) is 33.2 cm³/mol. The van der Waals surface area contributed by atoms with Crippen LogP contribution in [-0.2, 0) is 9.63 Å². The molecule has 1 saturated heterocycles. The fourth-order valence-electron chi connectivity index (χ4n) is 0.712. The molecule has 60 valence electrons. The molecule has 0 aromatic carbocycles. The minimum Gasteiger partial charge on any atom is -0.465 e. The number of hydroxylamine groups is 1. The van der Waals surface area contributed by atoms with Crippen LogP contribution in [0.1, 0.15) is 0 Å². The average molecular weight is 158 g/mol. The normalized spacial score (nSPS) is 22.2. The Labute approximate surface area is 61.8 Å². The second kappa shape index (κ2) is 3.05. The lowest BCUT2D eigenvalue weighted by molar-refractivity contribution is 0.106. The molecule has 0 aromatic rings. The Morgan fingerprint density at radius 3 is 3.18 bits per heavy atom. The first kappa shape index (κ1) is 7.59. The van der Waals surface area contributed by atoms with Crippen LogP contribution >= 0.6 is 0 Å². The van der Waals surface area contributed by atoms with Gasteiger partial charge in [-0.15, -0.1) is 0 Å². The van der Waals surface area contributed by atoms with Gasteiger partial charge in [0.05, 0.1) is 0 Å². The highest BCUT2D eigenvalue weighted by Crippen LogP contribution is 2.02. The van der Waals surface area contributed by atoms with E-state index < -0.39 is 12.1 Å². The van der Waals surface area contributed by atoms with Crippen LogP contribution < -0.4 is 10.8 Å². The SMILES string of the molecule is O=C=C1NOC[C@@H]1NC(=O)O. The zero-order chi connectivity index (χ0) is 8.27. The van der Waals surface area contributed by atoms with E-state index in [1.807, 2.05) is 0 Å². The Balaban J connectivity index is 2.58. The van der Waals surface area contributed by atoms with E-state index in [1.165, 1.54) is 5.94 Å². The maximum Gasteiger partial charge on any atom is 0.405 e. The summed E-state index contributed by atoms with van der Waals surface area (Å²) in [5.74, 6) is 1.52. The maximum atomic E-state index is 10.1. The smallest absolute Gasteiger partial charge is 0.405 e. The van der Waals surface area contributed by atoms with Crippen molar-refractivity contribution in [3.8, 4) is 0 Å². The molecular formula is C5H6N2O4. The van der Waals surface area contributed by atoms with E-state index in [0.29, 0.717) is 0 Å². The van der Waals surface area contributed by atoms with E-state index in [-0.39, 0.29) is 12.3 Å². The van der Waals surface area contributed by atoms with E-state index in [9.17, 15) is 9.59 Å². The summed E-state index contributed by atoms with van der Waals surface area (Å²) in [5, 5.41) is 10.3. The van der Waals surface area contributed by atoms with Crippen molar-refractivity contribution in [3.05, 3.63) is 5.70 Å². The highest BCUT2D eigenvalue weighted by Gasteiger charge is 2.24. The minimum absolute atomic E-state index is 0.0763. The Morgan fingerprint density at radius 2 is 2.64 bits per heavy atom. The molecule has 0 aliphatic carbocycles. The van der Waals surface area contributed by atoms with Crippen LogP contribution in [0.15, 0.2) is 5.70 Å². The minimum atomic E-state index is -1.20. The lowest BCUT2D eigenvalue weighted by atomic mass is 10.3. The number of hydrogen-bond acceptors (Lipinski definition) is 4. The summed E-state index contributed by atoms with van der Waals surface area (Å²) in [6.07, 6.45) is -1.20. The van der Waals surface area contributed by atoms with Crippen molar-refractivity contribution in [2.24, 2.45) is 0 Å². The van der Waals surface area contributed by atoms with Gasteiger partial charge in [-0.3, -0.25) is 10.3 Å². The molecule has 0 spiro atoms. The van der Waals surface area contributed by atoms with Gasteiger partial charge in [-0.1, -0.05) is 0 Å². The van der Waals surface area contributed by atoms with Gasteiger partial charge in [-0.05, 0) is 0 Å². The largest absolute Gasteiger partial charge is 0.465 e. The van der Waals surface area contributed by atoms with Gasteiger partial charge >= 0.3 is 6.09 Å². The van der Waals surface area contributed by atoms with Crippen LogP contribution in [0.2, 0.25) is 0 Å². The molecule has 6 heteroatoms. The van der Waals surface area contributed by atoms with Gasteiger partial charge in [-0.25, -0.2) is 9.59 Å². The fourth-order valence-corrected chi connectivity index (χ4v) is 0.712. The Hall–Kier alpha value is -1.52. The molecule has 6 nitrogen and oxygen atoms in total. The van der Waals surface area contributed by atoms with Crippen molar-refractivity contribution in [3.63, 3.8) is 0 Å². The monoisotopic (exact) mass is 158 g/mol. The second-order valence-electron chi connectivity index (χ2n) is 1.93. The summed E-state index contributed by atoms with van der Waals surface area (Å²) in [6.45, 7) is 0.108. The second-order valence-corrected chi connectivity index (χ2v) is 1.93. The average Bonchev–Trinajstić information content (AvgIpc) is 2.34. The van der Waals surface area contributed by atoms with E-state index in [4.69, 9.17) is 5.11 Å². The quantitative estimate of drug-likeness (QED) is 0.420. The van der Waals surface area contributed by atoms with E-state index in [2.05, 4.69) is 15.6 Å². The summed E-state index contributed by atoms with van der Waals surface area (Å²) >= 11 is 0. The maximum absolute atomic E-state index is 10.1. The van der Waals surface area contributed by atoms with Crippen molar-refractivity contribution < 1.29 is 19.5 Å². The van der Waals surface area contributed by atoms with Gasteiger partial charge in [-0.2, -0.15) is 0 Å². The zero-order valence-corrected chi connectivity index (χ0v) is 5.46. The highest BCUT2D eigenvalue weighted by atomic mass is 16.7. The van der Waals surface area contributed by atoms with Crippen molar-refractivity contribution >= 4 is 12.0 Å². The Kier molecular flexibility index (Phi) is 2.10. The summed E-state index contributed by atoms with van der Waals surface area (Å²) in [6, 6.07) is -0.620. The van der Waals surface area contributed by atoms with Crippen LogP contribution in [-0.4, -0.2) is 29.8 Å². The van der Waals surface area contributed by atoms with E-state index in [0.717, 1.165) is 0 Å². The predicted octanol–water partition coefficient (Wildman–Crippen LogP) is -1.13. The van der Waals surface area contributed by atoms with E-state index in [1.54, 1.807) is 0 Å². The molecule has 0 radical (unpaired) electrons. The van der Waals surface area contributed by atoms with Crippen molar-refractivity contribution in [2.75, 3.05) is 6.61 Å². The third-order valence-corrected chi connectivity index (χ3v) is 1.19. The molecule has 0 aromatic heterocycles. The number of amides is 1. The molecule has 1 heterocycles. The molecule has 1 rings (SSSR count). The molecule has 11 heavy (non-hydrogen) atoms. The molecule has 1 atom stereocenters. The molecule has 1 amide bonds. The number of carbonyl (C=O) groups is 1. The van der Waals surface area contributed by atoms with Gasteiger partial charge in [0.25, 0.3) is 0 Å². The van der Waals surface area contributed by atoms with Crippen molar-refractivity contribution in [2.45, 2.75) is 6.04 Å². The Morgan fingerprint density at radius 1 is 1.91 bits per heavy atom. The van der Waals surface area contributed by atoms with Crippen LogP contribution in [0.5, 0.6) is 0 Å². The number of carboxylic acid groups (broad SMARTS) is 1.